The number of pyridine rings is 1. The van der Waals surface area contributed by atoms with Crippen LogP contribution in [0.1, 0.15) is 32.7 Å². The van der Waals surface area contributed by atoms with Crippen LogP contribution < -0.4 is 10.6 Å². The Balaban J connectivity index is 1.87. The highest BCUT2D eigenvalue weighted by Gasteiger charge is 2.30. The summed E-state index contributed by atoms with van der Waals surface area (Å²) < 4.78 is 14.1. The molecule has 3 heterocycles. The number of amides is 1. The standard InChI is InChI=1S/C17H13BrFN3OS/c1-7-11-13-14(24-17(11)20-8(2)12(7)18)16(23)22-15(21-13)9-3-5-10(19)6-4-9/h3-6,15,21H,1-2H3,(H,22,23). The summed E-state index contributed by atoms with van der Waals surface area (Å²) in [6.45, 7) is 3.94. The van der Waals surface area contributed by atoms with Crippen LogP contribution in [0.4, 0.5) is 10.1 Å². The molecule has 0 saturated carbocycles. The number of nitrogens with one attached hydrogen (secondary N) is 2. The quantitative estimate of drug-likeness (QED) is 0.618. The van der Waals surface area contributed by atoms with E-state index in [0.29, 0.717) is 4.88 Å². The van der Waals surface area contributed by atoms with E-state index < -0.39 is 6.17 Å². The monoisotopic (exact) mass is 405 g/mol. The van der Waals surface area contributed by atoms with Gasteiger partial charge in [-0.25, -0.2) is 9.37 Å². The van der Waals surface area contributed by atoms with Gasteiger partial charge in [0.05, 0.1) is 11.4 Å². The molecular formula is C17H13BrFN3OS. The molecule has 0 fully saturated rings. The van der Waals surface area contributed by atoms with Crippen LogP contribution in [0.25, 0.3) is 10.2 Å². The van der Waals surface area contributed by atoms with Crippen LogP contribution in [0.3, 0.4) is 0 Å². The number of hydrogen-bond acceptors (Lipinski definition) is 4. The first-order chi connectivity index (χ1) is 11.5. The minimum Gasteiger partial charge on any atom is -0.360 e. The Bertz CT molecular complexity index is 984. The molecule has 1 amide bonds. The lowest BCUT2D eigenvalue weighted by molar-refractivity contribution is 0.0940. The summed E-state index contributed by atoms with van der Waals surface area (Å²) in [4.78, 5) is 18.6. The lowest BCUT2D eigenvalue weighted by Gasteiger charge is -2.26. The summed E-state index contributed by atoms with van der Waals surface area (Å²) in [5.74, 6) is -0.448. The fourth-order valence-electron chi connectivity index (χ4n) is 2.92. The number of thiophene rings is 1. The Labute approximate surface area is 150 Å². The summed E-state index contributed by atoms with van der Waals surface area (Å²) in [5, 5.41) is 7.24. The van der Waals surface area contributed by atoms with Gasteiger partial charge in [-0.3, -0.25) is 4.79 Å². The Morgan fingerprint density at radius 2 is 1.92 bits per heavy atom. The van der Waals surface area contributed by atoms with Crippen LogP contribution in [0.15, 0.2) is 28.7 Å². The number of rotatable bonds is 1. The zero-order valence-electron chi connectivity index (χ0n) is 12.9. The Hall–Kier alpha value is -1.99. The second kappa shape index (κ2) is 5.53. The largest absolute Gasteiger partial charge is 0.360 e. The summed E-state index contributed by atoms with van der Waals surface area (Å²) >= 11 is 4.95. The van der Waals surface area contributed by atoms with Crippen molar-refractivity contribution in [2.24, 2.45) is 0 Å². The maximum Gasteiger partial charge on any atom is 0.265 e. The number of benzene rings is 1. The lowest BCUT2D eigenvalue weighted by atomic mass is 10.1. The van der Waals surface area contributed by atoms with Crippen LogP contribution in [-0.4, -0.2) is 10.9 Å². The van der Waals surface area contributed by atoms with E-state index >= 15 is 0 Å². The third-order valence-corrected chi connectivity index (χ3v) is 6.41. The number of aryl methyl sites for hydroxylation is 2. The molecule has 1 aliphatic heterocycles. The van der Waals surface area contributed by atoms with E-state index in [1.54, 1.807) is 12.1 Å². The first-order valence-electron chi connectivity index (χ1n) is 7.37. The molecule has 2 aromatic heterocycles. The number of aromatic nitrogens is 1. The van der Waals surface area contributed by atoms with Gasteiger partial charge in [-0.15, -0.1) is 11.3 Å². The molecule has 1 aromatic carbocycles. The van der Waals surface area contributed by atoms with Gasteiger partial charge in [0.15, 0.2) is 0 Å². The fraction of sp³-hybridized carbons (Fsp3) is 0.176. The second-order valence-electron chi connectivity index (χ2n) is 5.72. The Morgan fingerprint density at radius 3 is 2.62 bits per heavy atom. The molecule has 0 spiro atoms. The fourth-order valence-corrected chi connectivity index (χ4v) is 4.36. The average molecular weight is 406 g/mol. The third-order valence-electron chi connectivity index (χ3n) is 4.15. The van der Waals surface area contributed by atoms with Gasteiger partial charge < -0.3 is 10.6 Å². The highest BCUT2D eigenvalue weighted by Crippen LogP contribution is 2.42. The van der Waals surface area contributed by atoms with Crippen molar-refractivity contribution in [1.29, 1.82) is 0 Å². The number of hydrogen-bond donors (Lipinski definition) is 2. The molecule has 7 heteroatoms. The number of anilines is 1. The number of fused-ring (bicyclic) bond motifs is 3. The van der Waals surface area contributed by atoms with E-state index in [2.05, 4.69) is 31.5 Å². The van der Waals surface area contributed by atoms with Crippen LogP contribution >= 0.6 is 27.3 Å². The highest BCUT2D eigenvalue weighted by molar-refractivity contribution is 9.10. The Kier molecular flexibility index (Phi) is 3.58. The maximum absolute atomic E-state index is 13.1. The molecule has 3 aromatic rings. The minimum absolute atomic E-state index is 0.144. The van der Waals surface area contributed by atoms with Gasteiger partial charge in [-0.2, -0.15) is 0 Å². The van der Waals surface area contributed by atoms with Crippen molar-refractivity contribution >= 4 is 49.1 Å². The van der Waals surface area contributed by atoms with E-state index in [-0.39, 0.29) is 11.7 Å². The normalized spacial score (nSPS) is 16.7. The van der Waals surface area contributed by atoms with Crippen molar-refractivity contribution in [3.8, 4) is 0 Å². The molecule has 4 rings (SSSR count). The van der Waals surface area contributed by atoms with Crippen molar-refractivity contribution in [2.45, 2.75) is 20.0 Å². The molecule has 1 unspecified atom stereocenters. The third kappa shape index (κ3) is 2.31. The Morgan fingerprint density at radius 1 is 1.21 bits per heavy atom. The van der Waals surface area contributed by atoms with Crippen molar-refractivity contribution in [2.75, 3.05) is 5.32 Å². The highest BCUT2D eigenvalue weighted by atomic mass is 79.9. The molecule has 0 saturated heterocycles. The topological polar surface area (TPSA) is 54.0 Å². The number of nitrogens with zero attached hydrogens (tertiary/aromatic N) is 1. The van der Waals surface area contributed by atoms with Crippen molar-refractivity contribution < 1.29 is 9.18 Å². The molecule has 0 radical (unpaired) electrons. The van der Waals surface area contributed by atoms with Crippen LogP contribution in [0.5, 0.6) is 0 Å². The average Bonchev–Trinajstić information content (AvgIpc) is 2.92. The zero-order chi connectivity index (χ0) is 17.0. The van der Waals surface area contributed by atoms with E-state index in [1.165, 1.54) is 23.5 Å². The summed E-state index contributed by atoms with van der Waals surface area (Å²) in [6, 6.07) is 6.10. The predicted octanol–water partition coefficient (Wildman–Crippen LogP) is 4.67. The molecular weight excluding hydrogens is 393 g/mol. The van der Waals surface area contributed by atoms with Crippen molar-refractivity contribution in [1.82, 2.24) is 10.3 Å². The van der Waals surface area contributed by atoms with E-state index in [9.17, 15) is 9.18 Å². The van der Waals surface area contributed by atoms with Gasteiger partial charge in [-0.05, 0) is 53.0 Å². The number of carbonyl (C=O) groups is 1. The van der Waals surface area contributed by atoms with Gasteiger partial charge in [-0.1, -0.05) is 12.1 Å². The van der Waals surface area contributed by atoms with E-state index in [0.717, 1.165) is 37.2 Å². The molecule has 24 heavy (non-hydrogen) atoms. The second-order valence-corrected chi connectivity index (χ2v) is 7.52. The van der Waals surface area contributed by atoms with Gasteiger partial charge in [0, 0.05) is 9.86 Å². The molecule has 1 aliphatic rings. The first-order valence-corrected chi connectivity index (χ1v) is 8.98. The summed E-state index contributed by atoms with van der Waals surface area (Å²) in [5.41, 5.74) is 3.54. The van der Waals surface area contributed by atoms with Crippen molar-refractivity contribution in [3.63, 3.8) is 0 Å². The molecule has 0 aliphatic carbocycles. The van der Waals surface area contributed by atoms with Gasteiger partial charge >= 0.3 is 0 Å². The number of halogens is 2. The van der Waals surface area contributed by atoms with Crippen LogP contribution in [-0.2, 0) is 0 Å². The summed E-state index contributed by atoms with van der Waals surface area (Å²) in [6.07, 6.45) is -0.400. The zero-order valence-corrected chi connectivity index (χ0v) is 15.3. The smallest absolute Gasteiger partial charge is 0.265 e. The SMILES string of the molecule is Cc1nc2sc3c(c2c(C)c1Br)NC(c1ccc(F)cc1)NC3=O. The van der Waals surface area contributed by atoms with Crippen LogP contribution in [0, 0.1) is 19.7 Å². The molecule has 2 N–H and O–H groups in total. The van der Waals surface area contributed by atoms with Gasteiger partial charge in [0.1, 0.15) is 21.7 Å². The first kappa shape index (κ1) is 15.5. The minimum atomic E-state index is -0.400. The molecule has 0 bridgehead atoms. The number of carbonyl (C=O) groups excluding carboxylic acids is 1. The predicted molar refractivity (Wildman–Crippen MR) is 97.0 cm³/mol. The van der Waals surface area contributed by atoms with Crippen LogP contribution in [0.2, 0.25) is 0 Å². The lowest BCUT2D eigenvalue weighted by Crippen LogP contribution is -2.37. The summed E-state index contributed by atoms with van der Waals surface area (Å²) in [7, 11) is 0. The van der Waals surface area contributed by atoms with E-state index in [4.69, 9.17) is 0 Å². The van der Waals surface area contributed by atoms with Gasteiger partial charge in [0.2, 0.25) is 0 Å². The maximum atomic E-state index is 13.1. The molecule has 122 valence electrons. The van der Waals surface area contributed by atoms with E-state index in [1.807, 2.05) is 13.8 Å². The molecule has 1 atom stereocenters. The van der Waals surface area contributed by atoms with Gasteiger partial charge in [0.25, 0.3) is 5.91 Å². The van der Waals surface area contributed by atoms with Crippen molar-refractivity contribution in [3.05, 3.63) is 56.3 Å². The molecule has 4 nitrogen and oxygen atoms in total.